The van der Waals surface area contributed by atoms with Crippen LogP contribution in [0.5, 0.6) is 0 Å². The van der Waals surface area contributed by atoms with Gasteiger partial charge in [0.15, 0.2) is 5.65 Å². The predicted molar refractivity (Wildman–Crippen MR) is 142 cm³/mol. The Balaban J connectivity index is 1.70. The fraction of sp³-hybridized carbons (Fsp3) is 0.154. The molecular weight excluding hydrogens is 472 g/mol. The van der Waals surface area contributed by atoms with Crippen molar-refractivity contribution in [2.24, 2.45) is 5.92 Å². The van der Waals surface area contributed by atoms with E-state index in [4.69, 9.17) is 9.97 Å². The number of rotatable bonds is 2. The first-order valence-electron chi connectivity index (χ1n) is 11.6. The number of carbonyl (C=O) groups excluding carboxylic acids is 1. The third-order valence-corrected chi connectivity index (χ3v) is 7.35. The van der Waals surface area contributed by atoms with E-state index in [0.29, 0.717) is 23.1 Å². The Morgan fingerprint density at radius 2 is 1.89 bits per heavy atom. The second kappa shape index (κ2) is 7.79. The first kappa shape index (κ1) is 20.9. The molecule has 7 heterocycles. The quantitative estimate of drug-likeness (QED) is 0.312. The number of hydrogen-bond acceptors (Lipinski definition) is 7. The molecule has 0 radical (unpaired) electrons. The number of H-pyrrole nitrogens is 2. The van der Waals surface area contributed by atoms with E-state index in [1.807, 2.05) is 38.1 Å². The Morgan fingerprint density at radius 1 is 1.00 bits per heavy atom. The summed E-state index contributed by atoms with van der Waals surface area (Å²) >= 11 is 1.52. The summed E-state index contributed by atoms with van der Waals surface area (Å²) in [6.07, 6.45) is 9.21. The van der Waals surface area contributed by atoms with Gasteiger partial charge in [0, 0.05) is 39.9 Å². The van der Waals surface area contributed by atoms with Gasteiger partial charge < -0.3 is 0 Å². The molecule has 0 aliphatic carbocycles. The van der Waals surface area contributed by atoms with Gasteiger partial charge in [0.25, 0.3) is 0 Å². The van der Waals surface area contributed by atoms with E-state index in [2.05, 4.69) is 25.1 Å². The Morgan fingerprint density at radius 3 is 2.78 bits per heavy atom. The molecule has 0 amide bonds. The highest BCUT2D eigenvalue weighted by molar-refractivity contribution is 7.24. The molecule has 2 aliphatic heterocycles. The van der Waals surface area contributed by atoms with E-state index in [9.17, 15) is 4.79 Å². The smallest absolute Gasteiger partial charge is 0.232 e. The monoisotopic (exact) mass is 492 g/mol. The molecule has 0 saturated heterocycles. The molecule has 5 aromatic heterocycles. The van der Waals surface area contributed by atoms with Gasteiger partial charge in [-0.05, 0) is 30.2 Å². The van der Waals surface area contributed by atoms with Crippen molar-refractivity contribution in [2.75, 3.05) is 0 Å². The van der Waals surface area contributed by atoms with E-state index in [-0.39, 0.29) is 11.8 Å². The minimum Gasteiger partial charge on any atom is -0.298 e. The van der Waals surface area contributed by atoms with Crippen LogP contribution >= 0.6 is 11.3 Å². The van der Waals surface area contributed by atoms with Gasteiger partial charge in [0.2, 0.25) is 5.91 Å². The molecule has 7 rings (SSSR count). The van der Waals surface area contributed by atoms with Crippen molar-refractivity contribution in [2.45, 2.75) is 20.3 Å². The minimum atomic E-state index is 0.0133. The molecule has 176 valence electrons. The number of fused-ring (bicyclic) bond motifs is 9. The van der Waals surface area contributed by atoms with E-state index in [1.54, 1.807) is 35.6 Å². The lowest BCUT2D eigenvalue weighted by molar-refractivity contribution is 0.0897. The number of imidazole rings is 1. The molecule has 0 aromatic carbocycles. The highest BCUT2D eigenvalue weighted by atomic mass is 32.1. The van der Waals surface area contributed by atoms with E-state index in [1.165, 1.54) is 11.3 Å². The lowest BCUT2D eigenvalue weighted by Gasteiger charge is -2.09. The Labute approximate surface area is 207 Å². The fourth-order valence-corrected chi connectivity index (χ4v) is 5.65. The van der Waals surface area contributed by atoms with Crippen molar-refractivity contribution >= 4 is 70.8 Å². The van der Waals surface area contributed by atoms with Crippen LogP contribution in [0.4, 0.5) is 0 Å². The summed E-state index contributed by atoms with van der Waals surface area (Å²) in [5, 5.41) is 8.06. The van der Waals surface area contributed by atoms with Crippen molar-refractivity contribution in [3.63, 3.8) is 0 Å². The second-order valence-electron chi connectivity index (χ2n) is 9.24. The molecule has 0 unspecified atom stereocenters. The largest absolute Gasteiger partial charge is 0.298 e. The molecule has 36 heavy (non-hydrogen) atoms. The maximum absolute atomic E-state index is 13.5. The molecule has 0 fully saturated rings. The van der Waals surface area contributed by atoms with Crippen LogP contribution in [-0.2, 0) is 0 Å². The number of hydrogen-bond donors (Lipinski definition) is 2. The summed E-state index contributed by atoms with van der Waals surface area (Å²) in [6, 6.07) is 7.93. The van der Waals surface area contributed by atoms with E-state index >= 15 is 0 Å². The lowest BCUT2D eigenvalue weighted by Crippen LogP contribution is -2.13. The normalized spacial score (nSPS) is 12.1. The van der Waals surface area contributed by atoms with Gasteiger partial charge in [-0.25, -0.2) is 9.97 Å². The number of aromatic nitrogens is 8. The van der Waals surface area contributed by atoms with Crippen LogP contribution in [0.25, 0.3) is 64.8 Å². The van der Waals surface area contributed by atoms with Gasteiger partial charge >= 0.3 is 0 Å². The number of pyridine rings is 3. The summed E-state index contributed by atoms with van der Waals surface area (Å²) in [7, 11) is 0. The number of aromatic amines is 2. The number of nitrogens with one attached hydrogen (secondary N) is 2. The maximum atomic E-state index is 13.5. The van der Waals surface area contributed by atoms with Crippen molar-refractivity contribution in [1.29, 1.82) is 0 Å². The molecule has 0 atom stereocenters. The summed E-state index contributed by atoms with van der Waals surface area (Å²) in [4.78, 5) is 37.5. The Kier molecular flexibility index (Phi) is 4.52. The standard InChI is InChI=1S/C26H20N8OS/c1-13(2)5-22(35)34-15-6-14(8-27-9-15)18-7-16-19(12-29-18)32-33-25(16)26-30-20-11-28-10-17(24(20)31-26)21-3-4-23(34)36-21/h3-4,6-13,32-33H,5H2,1-2H3. The number of carbonyl (C=O) groups is 1. The van der Waals surface area contributed by atoms with Crippen molar-refractivity contribution in [1.82, 2.24) is 39.7 Å². The zero-order valence-electron chi connectivity index (χ0n) is 19.5. The van der Waals surface area contributed by atoms with Crippen molar-refractivity contribution < 1.29 is 4.79 Å². The highest BCUT2D eigenvalue weighted by Gasteiger charge is 2.16. The minimum absolute atomic E-state index is 0.0133. The Hall–Kier alpha value is -4.44. The van der Waals surface area contributed by atoms with Crippen LogP contribution in [0.15, 0.2) is 55.2 Å². The van der Waals surface area contributed by atoms with Gasteiger partial charge in [0.1, 0.15) is 21.6 Å². The summed E-state index contributed by atoms with van der Waals surface area (Å²) in [6.45, 7) is 4.09. The van der Waals surface area contributed by atoms with Crippen LogP contribution in [0.1, 0.15) is 25.1 Å². The third kappa shape index (κ3) is 3.22. The van der Waals surface area contributed by atoms with Gasteiger partial charge in [-0.3, -0.25) is 34.5 Å². The summed E-state index contributed by atoms with van der Waals surface area (Å²) in [5.41, 5.74) is 6.02. The second-order valence-corrected chi connectivity index (χ2v) is 10.3. The number of thiophene rings is 1. The zero-order valence-corrected chi connectivity index (χ0v) is 20.3. The topological polar surface area (TPSA) is 118 Å². The first-order chi connectivity index (χ1) is 17.5. The molecular formula is C26H20N8OS. The van der Waals surface area contributed by atoms with E-state index in [0.717, 1.165) is 48.1 Å². The van der Waals surface area contributed by atoms with E-state index < -0.39 is 0 Å². The molecule has 0 saturated carbocycles. The molecule has 0 spiro atoms. The molecule has 5 aromatic rings. The van der Waals surface area contributed by atoms with Gasteiger partial charge in [0.05, 0.1) is 35.1 Å². The summed E-state index contributed by atoms with van der Waals surface area (Å²) < 4.78 is 2.72. The SMILES string of the molecule is CC(C)CC(=O)n1c2cncc(c2)c2cc3c(cn2)[nH][nH]c-3c2nc3cncc(c4ccc1s4)c3n2. The molecule has 2 aliphatic rings. The molecule has 9 nitrogen and oxygen atoms in total. The first-order valence-corrected chi connectivity index (χ1v) is 12.4. The predicted octanol–water partition coefficient (Wildman–Crippen LogP) is 5.86. The lowest BCUT2D eigenvalue weighted by atomic mass is 10.1. The zero-order chi connectivity index (χ0) is 24.4. The molecule has 2 N–H and O–H groups in total. The average molecular weight is 493 g/mol. The number of nitrogens with zero attached hydrogens (tertiary/aromatic N) is 6. The van der Waals surface area contributed by atoms with Crippen molar-refractivity contribution in [3.8, 4) is 11.3 Å². The van der Waals surface area contributed by atoms with Crippen LogP contribution in [0, 0.1) is 5.92 Å². The van der Waals surface area contributed by atoms with Crippen molar-refractivity contribution in [3.05, 3.63) is 55.2 Å². The van der Waals surface area contributed by atoms with Crippen LogP contribution < -0.4 is 0 Å². The third-order valence-electron chi connectivity index (χ3n) is 6.25. The maximum Gasteiger partial charge on any atom is 0.232 e. The van der Waals surface area contributed by atoms with Gasteiger partial charge in [-0.15, -0.1) is 11.3 Å². The molecule has 10 heteroatoms. The van der Waals surface area contributed by atoms with Crippen LogP contribution in [0.2, 0.25) is 0 Å². The average Bonchev–Trinajstić information content (AvgIpc) is 3.60. The highest BCUT2D eigenvalue weighted by Crippen LogP contribution is 2.32. The van der Waals surface area contributed by atoms with Crippen LogP contribution in [-0.4, -0.2) is 45.6 Å². The summed E-state index contributed by atoms with van der Waals surface area (Å²) in [5.74, 6) is 0.229. The fourth-order valence-electron chi connectivity index (χ4n) is 4.59. The van der Waals surface area contributed by atoms with Gasteiger partial charge in [-0.2, -0.15) is 0 Å². The van der Waals surface area contributed by atoms with Crippen LogP contribution in [0.3, 0.4) is 0 Å². The molecule has 8 bridgehead atoms. The van der Waals surface area contributed by atoms with Gasteiger partial charge in [-0.1, -0.05) is 13.8 Å². The Bertz CT molecular complexity index is 1990.